The SMILES string of the molecule is CC(O)(C(=Nc1cccc2[nH]ncc12)C(F)(F)F)C1(C)CCOc2ccccc21. The predicted molar refractivity (Wildman–Crippen MR) is 104 cm³/mol. The summed E-state index contributed by atoms with van der Waals surface area (Å²) in [6.45, 7) is 3.00. The summed E-state index contributed by atoms with van der Waals surface area (Å²) in [7, 11) is 0. The topological polar surface area (TPSA) is 70.5 Å². The highest BCUT2D eigenvalue weighted by Crippen LogP contribution is 2.48. The van der Waals surface area contributed by atoms with Crippen LogP contribution >= 0.6 is 0 Å². The van der Waals surface area contributed by atoms with Crippen molar-refractivity contribution in [3.05, 3.63) is 54.2 Å². The van der Waals surface area contributed by atoms with Crippen LogP contribution in [0.15, 0.2) is 53.7 Å². The van der Waals surface area contributed by atoms with E-state index in [0.29, 0.717) is 22.2 Å². The first-order chi connectivity index (χ1) is 13.6. The van der Waals surface area contributed by atoms with E-state index in [1.165, 1.54) is 19.2 Å². The smallest absolute Gasteiger partial charge is 0.432 e. The Morgan fingerprint density at radius 3 is 2.72 bits per heavy atom. The van der Waals surface area contributed by atoms with Gasteiger partial charge in [-0.1, -0.05) is 31.2 Å². The van der Waals surface area contributed by atoms with Crippen LogP contribution in [0.4, 0.5) is 18.9 Å². The van der Waals surface area contributed by atoms with Gasteiger partial charge in [0.2, 0.25) is 0 Å². The van der Waals surface area contributed by atoms with Gasteiger partial charge < -0.3 is 9.84 Å². The molecule has 0 spiro atoms. The molecule has 5 nitrogen and oxygen atoms in total. The Morgan fingerprint density at radius 1 is 1.21 bits per heavy atom. The van der Waals surface area contributed by atoms with Gasteiger partial charge in [-0.3, -0.25) is 5.10 Å². The van der Waals surface area contributed by atoms with Gasteiger partial charge in [-0.05, 0) is 31.5 Å². The summed E-state index contributed by atoms with van der Waals surface area (Å²) in [4.78, 5) is 3.94. The van der Waals surface area contributed by atoms with Gasteiger partial charge in [-0.2, -0.15) is 18.3 Å². The van der Waals surface area contributed by atoms with Crippen molar-refractivity contribution >= 4 is 22.3 Å². The zero-order valence-electron chi connectivity index (χ0n) is 15.9. The zero-order valence-corrected chi connectivity index (χ0v) is 15.9. The average Bonchev–Trinajstić information content (AvgIpc) is 3.15. The lowest BCUT2D eigenvalue weighted by atomic mass is 9.64. The summed E-state index contributed by atoms with van der Waals surface area (Å²) < 4.78 is 48.1. The van der Waals surface area contributed by atoms with Gasteiger partial charge in [0.05, 0.1) is 24.0 Å². The fourth-order valence-corrected chi connectivity index (χ4v) is 3.93. The number of fused-ring (bicyclic) bond motifs is 2. The maximum absolute atomic E-state index is 14.2. The Bertz CT molecular complexity index is 1090. The molecule has 29 heavy (non-hydrogen) atoms. The number of hydrogen-bond donors (Lipinski definition) is 2. The molecule has 0 bridgehead atoms. The fraction of sp³-hybridized carbons (Fsp3) is 0.333. The zero-order chi connectivity index (χ0) is 20.9. The number of benzene rings is 2. The van der Waals surface area contributed by atoms with Gasteiger partial charge in [-0.15, -0.1) is 0 Å². The Kier molecular flexibility index (Phi) is 4.42. The molecule has 0 aliphatic carbocycles. The molecule has 3 aromatic rings. The van der Waals surface area contributed by atoms with Crippen LogP contribution in [0.3, 0.4) is 0 Å². The highest BCUT2D eigenvalue weighted by Gasteiger charge is 2.58. The van der Waals surface area contributed by atoms with E-state index in [-0.39, 0.29) is 18.7 Å². The summed E-state index contributed by atoms with van der Waals surface area (Å²) in [5, 5.41) is 18.4. The van der Waals surface area contributed by atoms with Gasteiger partial charge in [0.25, 0.3) is 0 Å². The number of halogens is 3. The predicted octanol–water partition coefficient (Wildman–Crippen LogP) is 4.69. The summed E-state index contributed by atoms with van der Waals surface area (Å²) in [5.41, 5.74) is -3.63. The normalized spacial score (nSPS) is 22.1. The second-order valence-electron chi connectivity index (χ2n) is 7.57. The van der Waals surface area contributed by atoms with E-state index in [1.807, 2.05) is 0 Å². The maximum atomic E-state index is 14.2. The molecular formula is C21H20F3N3O2. The number of para-hydroxylation sites is 1. The molecule has 0 amide bonds. The van der Waals surface area contributed by atoms with Crippen molar-refractivity contribution in [1.82, 2.24) is 10.2 Å². The monoisotopic (exact) mass is 403 g/mol. The minimum Gasteiger partial charge on any atom is -0.493 e. The summed E-state index contributed by atoms with van der Waals surface area (Å²) in [5.74, 6) is 0.472. The number of aliphatic imine (C=N–C) groups is 1. The van der Waals surface area contributed by atoms with E-state index in [1.54, 1.807) is 43.3 Å². The van der Waals surface area contributed by atoms with Crippen LogP contribution in [0.5, 0.6) is 5.75 Å². The van der Waals surface area contributed by atoms with Crippen molar-refractivity contribution in [2.45, 2.75) is 37.5 Å². The quantitative estimate of drug-likeness (QED) is 0.624. The Hall–Kier alpha value is -2.87. The van der Waals surface area contributed by atoms with Crippen LogP contribution < -0.4 is 4.74 Å². The van der Waals surface area contributed by atoms with Crippen molar-refractivity contribution in [1.29, 1.82) is 0 Å². The molecule has 0 fully saturated rings. The lowest BCUT2D eigenvalue weighted by Gasteiger charge is -2.46. The van der Waals surface area contributed by atoms with Crippen LogP contribution in [-0.4, -0.2) is 39.4 Å². The molecule has 2 heterocycles. The molecule has 0 radical (unpaired) electrons. The highest BCUT2D eigenvalue weighted by molar-refractivity contribution is 6.02. The summed E-state index contributed by atoms with van der Waals surface area (Å²) >= 11 is 0. The third-order valence-corrected chi connectivity index (χ3v) is 5.84. The molecule has 2 aromatic carbocycles. The average molecular weight is 403 g/mol. The summed E-state index contributed by atoms with van der Waals surface area (Å²) in [6, 6.07) is 11.6. The van der Waals surface area contributed by atoms with E-state index in [4.69, 9.17) is 4.74 Å². The van der Waals surface area contributed by atoms with Crippen LogP contribution in [0.1, 0.15) is 25.8 Å². The van der Waals surface area contributed by atoms with Crippen LogP contribution in [0, 0.1) is 0 Å². The number of aliphatic hydroxyl groups is 1. The first kappa shape index (κ1) is 19.4. The highest BCUT2D eigenvalue weighted by atomic mass is 19.4. The largest absolute Gasteiger partial charge is 0.493 e. The van der Waals surface area contributed by atoms with E-state index >= 15 is 0 Å². The molecular weight excluding hydrogens is 383 g/mol. The fourth-order valence-electron chi connectivity index (χ4n) is 3.93. The number of hydrogen-bond acceptors (Lipinski definition) is 4. The second kappa shape index (κ2) is 6.59. The van der Waals surface area contributed by atoms with E-state index in [9.17, 15) is 18.3 Å². The Balaban J connectivity index is 1.91. The molecule has 1 aliphatic rings. The number of rotatable bonds is 3. The van der Waals surface area contributed by atoms with Crippen LogP contribution in [0.25, 0.3) is 10.9 Å². The lowest BCUT2D eigenvalue weighted by molar-refractivity contribution is -0.0841. The van der Waals surface area contributed by atoms with Gasteiger partial charge in [0.1, 0.15) is 11.4 Å². The molecule has 4 rings (SSSR count). The van der Waals surface area contributed by atoms with E-state index < -0.39 is 22.9 Å². The number of H-pyrrole nitrogens is 1. The molecule has 0 saturated heterocycles. The third kappa shape index (κ3) is 3.07. The number of nitrogens with zero attached hydrogens (tertiary/aromatic N) is 2. The first-order valence-electron chi connectivity index (χ1n) is 9.18. The van der Waals surface area contributed by atoms with E-state index in [0.717, 1.165) is 0 Å². The third-order valence-electron chi connectivity index (χ3n) is 5.84. The van der Waals surface area contributed by atoms with Gasteiger partial charge in [-0.25, -0.2) is 4.99 Å². The van der Waals surface area contributed by atoms with Gasteiger partial charge in [0, 0.05) is 16.4 Å². The molecule has 0 saturated carbocycles. The Labute approximate surface area is 165 Å². The number of aromatic nitrogens is 2. The van der Waals surface area contributed by atoms with Crippen molar-refractivity contribution < 1.29 is 23.0 Å². The maximum Gasteiger partial charge on any atom is 0.432 e. The standard InChI is InChI=1S/C21H20F3N3O2/c1-19(10-11-29-17-9-4-3-6-14(17)19)20(2,28)18(21(22,23)24)26-15-7-5-8-16-13(15)12-25-27-16/h3-9,12,28H,10-11H2,1-2H3,(H,25,27). The summed E-state index contributed by atoms with van der Waals surface area (Å²) in [6.07, 6.45) is -3.21. The minimum atomic E-state index is -4.84. The molecule has 152 valence electrons. The Morgan fingerprint density at radius 2 is 1.97 bits per heavy atom. The number of alkyl halides is 3. The minimum absolute atomic E-state index is 0.0906. The molecule has 2 atom stereocenters. The molecule has 2 N–H and O–H groups in total. The number of ether oxygens (including phenoxy) is 1. The molecule has 1 aromatic heterocycles. The number of nitrogens with one attached hydrogen (secondary N) is 1. The van der Waals surface area contributed by atoms with Crippen molar-refractivity contribution in [3.63, 3.8) is 0 Å². The molecule has 1 aliphatic heterocycles. The van der Waals surface area contributed by atoms with Crippen LogP contribution in [0.2, 0.25) is 0 Å². The second-order valence-corrected chi connectivity index (χ2v) is 7.57. The molecule has 2 unspecified atom stereocenters. The number of aromatic amines is 1. The molecule has 8 heteroatoms. The van der Waals surface area contributed by atoms with Gasteiger partial charge in [0.15, 0.2) is 5.71 Å². The van der Waals surface area contributed by atoms with Crippen molar-refractivity contribution in [3.8, 4) is 5.75 Å². The van der Waals surface area contributed by atoms with Gasteiger partial charge >= 0.3 is 6.18 Å². The van der Waals surface area contributed by atoms with Crippen molar-refractivity contribution in [2.24, 2.45) is 4.99 Å². The van der Waals surface area contributed by atoms with E-state index in [2.05, 4.69) is 15.2 Å². The first-order valence-corrected chi connectivity index (χ1v) is 9.18. The lowest BCUT2D eigenvalue weighted by Crippen LogP contribution is -2.59. The van der Waals surface area contributed by atoms with Crippen LogP contribution in [-0.2, 0) is 5.41 Å². The van der Waals surface area contributed by atoms with Crippen molar-refractivity contribution in [2.75, 3.05) is 6.61 Å².